The summed E-state index contributed by atoms with van der Waals surface area (Å²) in [7, 11) is 0. The molecular weight excluding hydrogens is 322 g/mol. The molecule has 0 spiro atoms. The van der Waals surface area contributed by atoms with Crippen molar-refractivity contribution in [2.24, 2.45) is 0 Å². The zero-order chi connectivity index (χ0) is 18.5. The second kappa shape index (κ2) is 7.83. The SMILES string of the molecule is CCN(c1ccccc1)c1ccc(C(=O)Nc2cc(C)cc(C)c2)nc1. The average molecular weight is 345 g/mol. The largest absolute Gasteiger partial charge is 0.341 e. The number of aryl methyl sites for hydroxylation is 2. The third-order valence-electron chi connectivity index (χ3n) is 4.16. The Morgan fingerprint density at radius 2 is 1.65 bits per heavy atom. The Labute approximate surface area is 154 Å². The van der Waals surface area contributed by atoms with Crippen LogP contribution in [0.5, 0.6) is 0 Å². The fourth-order valence-corrected chi connectivity index (χ4v) is 3.04. The van der Waals surface area contributed by atoms with E-state index in [0.29, 0.717) is 5.69 Å². The summed E-state index contributed by atoms with van der Waals surface area (Å²) in [5.41, 5.74) is 5.48. The molecule has 0 saturated heterocycles. The van der Waals surface area contributed by atoms with Crippen molar-refractivity contribution in [3.8, 4) is 0 Å². The zero-order valence-corrected chi connectivity index (χ0v) is 15.4. The van der Waals surface area contributed by atoms with Crippen molar-refractivity contribution in [3.05, 3.63) is 83.7 Å². The summed E-state index contributed by atoms with van der Waals surface area (Å²) in [6.45, 7) is 6.94. The number of para-hydroxylation sites is 1. The van der Waals surface area contributed by atoms with Gasteiger partial charge in [0.1, 0.15) is 5.69 Å². The van der Waals surface area contributed by atoms with E-state index in [-0.39, 0.29) is 5.91 Å². The van der Waals surface area contributed by atoms with Gasteiger partial charge in [-0.3, -0.25) is 4.79 Å². The molecule has 3 rings (SSSR count). The van der Waals surface area contributed by atoms with E-state index in [2.05, 4.69) is 40.3 Å². The van der Waals surface area contributed by atoms with Crippen LogP contribution in [0.2, 0.25) is 0 Å². The maximum atomic E-state index is 12.5. The first-order valence-corrected chi connectivity index (χ1v) is 8.75. The molecule has 3 aromatic rings. The molecule has 1 N–H and O–H groups in total. The van der Waals surface area contributed by atoms with Gasteiger partial charge in [-0.05, 0) is 68.3 Å². The van der Waals surface area contributed by atoms with Crippen molar-refractivity contribution < 1.29 is 4.79 Å². The molecule has 0 bridgehead atoms. The Kier molecular flexibility index (Phi) is 5.32. The first-order valence-electron chi connectivity index (χ1n) is 8.75. The number of rotatable bonds is 5. The van der Waals surface area contributed by atoms with Crippen molar-refractivity contribution in [2.45, 2.75) is 20.8 Å². The van der Waals surface area contributed by atoms with Gasteiger partial charge in [0.2, 0.25) is 0 Å². The molecule has 0 aliphatic rings. The van der Waals surface area contributed by atoms with Crippen molar-refractivity contribution >= 4 is 23.0 Å². The van der Waals surface area contributed by atoms with E-state index in [1.807, 2.05) is 50.2 Å². The molecule has 0 radical (unpaired) electrons. The van der Waals surface area contributed by atoms with E-state index >= 15 is 0 Å². The van der Waals surface area contributed by atoms with Crippen LogP contribution in [0.3, 0.4) is 0 Å². The maximum Gasteiger partial charge on any atom is 0.274 e. The van der Waals surface area contributed by atoms with Crippen LogP contribution in [0, 0.1) is 13.8 Å². The lowest BCUT2D eigenvalue weighted by Gasteiger charge is -2.23. The standard InChI is InChI=1S/C22H23N3O/c1-4-25(19-8-6-5-7-9-19)20-10-11-21(23-15-20)22(26)24-18-13-16(2)12-17(3)14-18/h5-15H,4H2,1-3H3,(H,24,26). The molecule has 0 unspecified atom stereocenters. The molecule has 1 aromatic heterocycles. The predicted molar refractivity (Wildman–Crippen MR) is 107 cm³/mol. The Morgan fingerprint density at radius 1 is 0.962 bits per heavy atom. The zero-order valence-electron chi connectivity index (χ0n) is 15.4. The topological polar surface area (TPSA) is 45.2 Å². The van der Waals surface area contributed by atoms with Crippen LogP contribution in [-0.4, -0.2) is 17.4 Å². The van der Waals surface area contributed by atoms with E-state index < -0.39 is 0 Å². The molecule has 132 valence electrons. The van der Waals surface area contributed by atoms with Crippen molar-refractivity contribution in [3.63, 3.8) is 0 Å². The first kappa shape index (κ1) is 17.7. The van der Waals surface area contributed by atoms with E-state index in [1.165, 1.54) is 0 Å². The molecule has 0 fully saturated rings. The summed E-state index contributed by atoms with van der Waals surface area (Å²) < 4.78 is 0. The number of hydrogen-bond acceptors (Lipinski definition) is 3. The minimum atomic E-state index is -0.204. The molecule has 0 saturated carbocycles. The normalized spacial score (nSPS) is 10.4. The van der Waals surface area contributed by atoms with Crippen LogP contribution in [-0.2, 0) is 0 Å². The van der Waals surface area contributed by atoms with Gasteiger partial charge in [-0.25, -0.2) is 4.98 Å². The van der Waals surface area contributed by atoms with Crippen LogP contribution < -0.4 is 10.2 Å². The molecule has 4 heteroatoms. The number of carbonyl (C=O) groups is 1. The quantitative estimate of drug-likeness (QED) is 0.699. The van der Waals surface area contributed by atoms with Crippen LogP contribution >= 0.6 is 0 Å². The number of benzene rings is 2. The molecule has 2 aromatic carbocycles. The second-order valence-corrected chi connectivity index (χ2v) is 6.31. The lowest BCUT2D eigenvalue weighted by Crippen LogP contribution is -2.18. The summed E-state index contributed by atoms with van der Waals surface area (Å²) in [4.78, 5) is 19.0. The minimum Gasteiger partial charge on any atom is -0.341 e. The number of anilines is 3. The van der Waals surface area contributed by atoms with Gasteiger partial charge in [0.25, 0.3) is 5.91 Å². The molecule has 1 heterocycles. The van der Waals surface area contributed by atoms with Gasteiger partial charge < -0.3 is 10.2 Å². The predicted octanol–water partition coefficient (Wildman–Crippen LogP) is 5.11. The van der Waals surface area contributed by atoms with Crippen LogP contribution in [0.25, 0.3) is 0 Å². The summed E-state index contributed by atoms with van der Waals surface area (Å²) in [5.74, 6) is -0.204. The summed E-state index contributed by atoms with van der Waals surface area (Å²) in [6, 6.07) is 19.8. The summed E-state index contributed by atoms with van der Waals surface area (Å²) in [6.07, 6.45) is 1.74. The number of carbonyl (C=O) groups excluding carboxylic acids is 1. The molecule has 4 nitrogen and oxygen atoms in total. The highest BCUT2D eigenvalue weighted by Gasteiger charge is 2.11. The van der Waals surface area contributed by atoms with Crippen LogP contribution in [0.4, 0.5) is 17.1 Å². The fourth-order valence-electron chi connectivity index (χ4n) is 3.04. The van der Waals surface area contributed by atoms with Gasteiger partial charge in [-0.1, -0.05) is 24.3 Å². The molecule has 0 aliphatic carbocycles. The Bertz CT molecular complexity index is 869. The van der Waals surface area contributed by atoms with E-state index in [1.54, 1.807) is 12.3 Å². The number of pyridine rings is 1. The molecule has 0 atom stereocenters. The third kappa shape index (κ3) is 4.09. The minimum absolute atomic E-state index is 0.204. The van der Waals surface area contributed by atoms with Gasteiger partial charge in [-0.15, -0.1) is 0 Å². The van der Waals surface area contributed by atoms with Gasteiger partial charge in [0.05, 0.1) is 11.9 Å². The van der Waals surface area contributed by atoms with Crippen molar-refractivity contribution in [1.82, 2.24) is 4.98 Å². The monoisotopic (exact) mass is 345 g/mol. The van der Waals surface area contributed by atoms with Gasteiger partial charge >= 0.3 is 0 Å². The first-order chi connectivity index (χ1) is 12.6. The summed E-state index contributed by atoms with van der Waals surface area (Å²) >= 11 is 0. The lowest BCUT2D eigenvalue weighted by molar-refractivity contribution is 0.102. The number of nitrogens with zero attached hydrogens (tertiary/aromatic N) is 2. The van der Waals surface area contributed by atoms with Gasteiger partial charge in [0.15, 0.2) is 0 Å². The van der Waals surface area contributed by atoms with E-state index in [4.69, 9.17) is 0 Å². The number of nitrogens with one attached hydrogen (secondary N) is 1. The van der Waals surface area contributed by atoms with Crippen molar-refractivity contribution in [1.29, 1.82) is 0 Å². The highest BCUT2D eigenvalue weighted by atomic mass is 16.1. The van der Waals surface area contributed by atoms with Gasteiger partial charge in [-0.2, -0.15) is 0 Å². The molecule has 0 aliphatic heterocycles. The third-order valence-corrected chi connectivity index (χ3v) is 4.16. The number of aromatic nitrogens is 1. The van der Waals surface area contributed by atoms with Crippen LogP contribution in [0.1, 0.15) is 28.5 Å². The van der Waals surface area contributed by atoms with Crippen molar-refractivity contribution in [2.75, 3.05) is 16.8 Å². The van der Waals surface area contributed by atoms with E-state index in [0.717, 1.165) is 34.7 Å². The fraction of sp³-hybridized carbons (Fsp3) is 0.182. The average Bonchev–Trinajstić information content (AvgIpc) is 2.63. The Balaban J connectivity index is 1.77. The Morgan fingerprint density at radius 3 is 2.23 bits per heavy atom. The number of hydrogen-bond donors (Lipinski definition) is 1. The molecular formula is C22H23N3O. The van der Waals surface area contributed by atoms with Gasteiger partial charge in [0, 0.05) is 17.9 Å². The Hall–Kier alpha value is -3.14. The van der Waals surface area contributed by atoms with E-state index in [9.17, 15) is 4.79 Å². The molecule has 1 amide bonds. The highest BCUT2D eigenvalue weighted by molar-refractivity contribution is 6.03. The maximum absolute atomic E-state index is 12.5. The number of amides is 1. The van der Waals surface area contributed by atoms with Crippen LogP contribution in [0.15, 0.2) is 66.9 Å². The second-order valence-electron chi connectivity index (χ2n) is 6.31. The molecule has 26 heavy (non-hydrogen) atoms. The highest BCUT2D eigenvalue weighted by Crippen LogP contribution is 2.24. The summed E-state index contributed by atoms with van der Waals surface area (Å²) in [5, 5.41) is 2.92. The lowest BCUT2D eigenvalue weighted by atomic mass is 10.1. The smallest absolute Gasteiger partial charge is 0.274 e.